The molecule has 9 heteroatoms. The Morgan fingerprint density at radius 1 is 1.14 bits per heavy atom. The standard InChI is InChI=1S/C12H13N5O3S/c13-10-9(14-20-15-10)12(19)17-5-3-16(4-6-17)11(18)8-2-1-7-21-8/h1-2,7H,3-6H2,(H2,13,15). The third kappa shape index (κ3) is 2.59. The first kappa shape index (κ1) is 13.6. The molecule has 0 spiro atoms. The fourth-order valence-electron chi connectivity index (χ4n) is 2.16. The number of anilines is 1. The summed E-state index contributed by atoms with van der Waals surface area (Å²) < 4.78 is 4.43. The molecule has 110 valence electrons. The van der Waals surface area contributed by atoms with Gasteiger partial charge in [-0.15, -0.1) is 11.3 Å². The Balaban J connectivity index is 1.62. The minimum Gasteiger partial charge on any atom is -0.379 e. The van der Waals surface area contributed by atoms with Crippen molar-refractivity contribution in [2.75, 3.05) is 31.9 Å². The molecular formula is C12H13N5O3S. The van der Waals surface area contributed by atoms with Gasteiger partial charge in [-0.05, 0) is 21.8 Å². The smallest absolute Gasteiger partial charge is 0.280 e. The number of aromatic nitrogens is 2. The van der Waals surface area contributed by atoms with Crippen molar-refractivity contribution >= 4 is 29.0 Å². The van der Waals surface area contributed by atoms with Crippen LogP contribution in [-0.2, 0) is 0 Å². The fraction of sp³-hybridized carbons (Fsp3) is 0.333. The molecule has 0 atom stereocenters. The van der Waals surface area contributed by atoms with Crippen molar-refractivity contribution in [1.29, 1.82) is 0 Å². The fourth-order valence-corrected chi connectivity index (χ4v) is 2.85. The van der Waals surface area contributed by atoms with Gasteiger partial charge < -0.3 is 15.5 Å². The minimum atomic E-state index is -0.322. The van der Waals surface area contributed by atoms with Crippen LogP contribution in [0.5, 0.6) is 0 Å². The van der Waals surface area contributed by atoms with Crippen molar-refractivity contribution in [1.82, 2.24) is 20.1 Å². The largest absolute Gasteiger partial charge is 0.379 e. The van der Waals surface area contributed by atoms with Gasteiger partial charge in [0, 0.05) is 26.2 Å². The van der Waals surface area contributed by atoms with E-state index in [-0.39, 0.29) is 23.3 Å². The van der Waals surface area contributed by atoms with Gasteiger partial charge in [-0.2, -0.15) is 0 Å². The maximum Gasteiger partial charge on any atom is 0.280 e. The normalized spacial score (nSPS) is 15.2. The summed E-state index contributed by atoms with van der Waals surface area (Å²) in [6.45, 7) is 1.83. The van der Waals surface area contributed by atoms with Crippen molar-refractivity contribution in [3.8, 4) is 0 Å². The second kappa shape index (κ2) is 5.52. The van der Waals surface area contributed by atoms with Crippen molar-refractivity contribution in [2.45, 2.75) is 0 Å². The van der Waals surface area contributed by atoms with Crippen LogP contribution in [0.3, 0.4) is 0 Å². The van der Waals surface area contributed by atoms with E-state index in [1.165, 1.54) is 11.3 Å². The molecule has 0 aromatic carbocycles. The van der Waals surface area contributed by atoms with Gasteiger partial charge in [-0.25, -0.2) is 4.63 Å². The molecule has 1 fully saturated rings. The average molecular weight is 307 g/mol. The first-order chi connectivity index (χ1) is 10.2. The Morgan fingerprint density at radius 2 is 1.81 bits per heavy atom. The maximum atomic E-state index is 12.2. The van der Waals surface area contributed by atoms with Crippen LogP contribution in [0.1, 0.15) is 20.2 Å². The van der Waals surface area contributed by atoms with Crippen molar-refractivity contribution in [3.63, 3.8) is 0 Å². The number of carbonyl (C=O) groups excluding carboxylic acids is 2. The molecule has 0 bridgehead atoms. The summed E-state index contributed by atoms with van der Waals surface area (Å²) in [6.07, 6.45) is 0. The number of rotatable bonds is 2. The highest BCUT2D eigenvalue weighted by Gasteiger charge is 2.28. The third-order valence-corrected chi connectivity index (χ3v) is 4.16. The highest BCUT2D eigenvalue weighted by Crippen LogP contribution is 2.15. The molecule has 0 saturated carbocycles. The predicted molar refractivity (Wildman–Crippen MR) is 74.8 cm³/mol. The van der Waals surface area contributed by atoms with E-state index in [1.54, 1.807) is 15.9 Å². The third-order valence-electron chi connectivity index (χ3n) is 3.30. The van der Waals surface area contributed by atoms with Crippen LogP contribution in [-0.4, -0.2) is 58.1 Å². The van der Waals surface area contributed by atoms with Gasteiger partial charge in [0.05, 0.1) is 4.88 Å². The molecule has 1 saturated heterocycles. The van der Waals surface area contributed by atoms with E-state index in [4.69, 9.17) is 5.73 Å². The van der Waals surface area contributed by atoms with Crippen molar-refractivity contribution in [3.05, 3.63) is 28.1 Å². The summed E-state index contributed by atoms with van der Waals surface area (Å²) in [6, 6.07) is 3.64. The lowest BCUT2D eigenvalue weighted by atomic mass is 10.2. The number of thiophene rings is 1. The Morgan fingerprint density at radius 3 is 2.33 bits per heavy atom. The highest BCUT2D eigenvalue weighted by molar-refractivity contribution is 7.12. The van der Waals surface area contributed by atoms with Gasteiger partial charge in [-0.1, -0.05) is 6.07 Å². The number of hydrogen-bond acceptors (Lipinski definition) is 7. The number of nitrogen functional groups attached to an aromatic ring is 1. The van der Waals surface area contributed by atoms with Gasteiger partial charge in [-0.3, -0.25) is 9.59 Å². The van der Waals surface area contributed by atoms with Gasteiger partial charge in [0.2, 0.25) is 11.5 Å². The van der Waals surface area contributed by atoms with Gasteiger partial charge >= 0.3 is 0 Å². The second-order valence-electron chi connectivity index (χ2n) is 4.56. The molecular weight excluding hydrogens is 294 g/mol. The number of nitrogens with zero attached hydrogens (tertiary/aromatic N) is 4. The summed E-state index contributed by atoms with van der Waals surface area (Å²) in [7, 11) is 0. The van der Waals surface area contributed by atoms with E-state index in [1.807, 2.05) is 11.4 Å². The lowest BCUT2D eigenvalue weighted by molar-refractivity contribution is 0.0532. The first-order valence-corrected chi connectivity index (χ1v) is 7.25. The van der Waals surface area contributed by atoms with Crippen LogP contribution in [0.4, 0.5) is 5.82 Å². The molecule has 21 heavy (non-hydrogen) atoms. The van der Waals surface area contributed by atoms with Crippen LogP contribution in [0.25, 0.3) is 0 Å². The van der Waals surface area contributed by atoms with E-state index in [2.05, 4.69) is 14.9 Å². The molecule has 0 radical (unpaired) electrons. The zero-order valence-electron chi connectivity index (χ0n) is 11.1. The maximum absolute atomic E-state index is 12.2. The highest BCUT2D eigenvalue weighted by atomic mass is 32.1. The summed E-state index contributed by atoms with van der Waals surface area (Å²) in [5, 5.41) is 8.76. The van der Waals surface area contributed by atoms with Crippen LogP contribution in [0.15, 0.2) is 22.1 Å². The predicted octanol–water partition coefficient (Wildman–Crippen LogP) is 0.311. The molecule has 3 heterocycles. The molecule has 2 N–H and O–H groups in total. The number of hydrogen-bond donors (Lipinski definition) is 1. The van der Waals surface area contributed by atoms with Gasteiger partial charge in [0.1, 0.15) is 0 Å². The molecule has 2 aromatic heterocycles. The molecule has 2 aromatic rings. The lowest BCUT2D eigenvalue weighted by Crippen LogP contribution is -2.50. The minimum absolute atomic E-state index is 0.000263. The monoisotopic (exact) mass is 307 g/mol. The van der Waals surface area contributed by atoms with Crippen LogP contribution in [0.2, 0.25) is 0 Å². The van der Waals surface area contributed by atoms with E-state index >= 15 is 0 Å². The summed E-state index contributed by atoms with van der Waals surface area (Å²) in [5.74, 6) is -0.339. The number of amides is 2. The summed E-state index contributed by atoms with van der Waals surface area (Å²) >= 11 is 1.41. The zero-order valence-corrected chi connectivity index (χ0v) is 11.9. The summed E-state index contributed by atoms with van der Waals surface area (Å²) in [5.41, 5.74) is 5.53. The van der Waals surface area contributed by atoms with E-state index in [9.17, 15) is 9.59 Å². The first-order valence-electron chi connectivity index (χ1n) is 6.37. The SMILES string of the molecule is Nc1nonc1C(=O)N1CCN(C(=O)c2cccs2)CC1. The van der Waals surface area contributed by atoms with Crippen LogP contribution in [0, 0.1) is 0 Å². The lowest BCUT2D eigenvalue weighted by Gasteiger charge is -2.34. The average Bonchev–Trinajstić information content (AvgIpc) is 3.17. The summed E-state index contributed by atoms with van der Waals surface area (Å²) in [4.78, 5) is 28.4. The van der Waals surface area contributed by atoms with Crippen LogP contribution < -0.4 is 5.73 Å². The quantitative estimate of drug-likeness (QED) is 0.856. The number of carbonyl (C=O) groups is 2. The van der Waals surface area contributed by atoms with Gasteiger partial charge in [0.15, 0.2) is 0 Å². The van der Waals surface area contributed by atoms with E-state index in [0.29, 0.717) is 31.1 Å². The van der Waals surface area contributed by atoms with E-state index < -0.39 is 0 Å². The number of piperazine rings is 1. The molecule has 8 nitrogen and oxygen atoms in total. The van der Waals surface area contributed by atoms with Gasteiger partial charge in [0.25, 0.3) is 11.8 Å². The van der Waals surface area contributed by atoms with Crippen LogP contribution >= 0.6 is 11.3 Å². The van der Waals surface area contributed by atoms with Crippen molar-refractivity contribution < 1.29 is 14.2 Å². The second-order valence-corrected chi connectivity index (χ2v) is 5.51. The topological polar surface area (TPSA) is 106 Å². The molecule has 1 aliphatic rings. The molecule has 1 aliphatic heterocycles. The zero-order chi connectivity index (χ0) is 14.8. The van der Waals surface area contributed by atoms with E-state index in [0.717, 1.165) is 0 Å². The molecule has 0 unspecified atom stereocenters. The molecule has 2 amide bonds. The molecule has 3 rings (SSSR count). The Kier molecular flexibility index (Phi) is 3.57. The Labute approximate surface area is 124 Å². The Bertz CT molecular complexity index is 646. The number of nitrogens with two attached hydrogens (primary N) is 1. The Hall–Kier alpha value is -2.42. The van der Waals surface area contributed by atoms with Crippen molar-refractivity contribution in [2.24, 2.45) is 0 Å². The molecule has 0 aliphatic carbocycles.